The second kappa shape index (κ2) is 8.01. The molecule has 0 bridgehead atoms. The summed E-state index contributed by atoms with van der Waals surface area (Å²) < 4.78 is 10.7. The number of para-hydroxylation sites is 1. The Morgan fingerprint density at radius 2 is 1.96 bits per heavy atom. The molecular weight excluding hydrogens is 360 g/mol. The number of nitrogens with zero attached hydrogens (tertiary/aromatic N) is 2. The van der Waals surface area contributed by atoms with Crippen molar-refractivity contribution in [2.24, 2.45) is 0 Å². The van der Waals surface area contributed by atoms with Crippen LogP contribution in [0.5, 0.6) is 5.75 Å². The maximum Gasteiger partial charge on any atom is 0.280 e. The molecule has 0 aliphatic heterocycles. The van der Waals surface area contributed by atoms with E-state index in [-0.39, 0.29) is 22.8 Å². The summed E-state index contributed by atoms with van der Waals surface area (Å²) in [6.07, 6.45) is 1.31. The van der Waals surface area contributed by atoms with E-state index in [1.54, 1.807) is 48.5 Å². The number of nitro groups is 1. The summed E-state index contributed by atoms with van der Waals surface area (Å²) in [5.74, 6) is 0.524. The van der Waals surface area contributed by atoms with Gasteiger partial charge in [-0.25, -0.2) is 0 Å². The van der Waals surface area contributed by atoms with Crippen LogP contribution in [0.25, 0.3) is 17.4 Å². The van der Waals surface area contributed by atoms with E-state index in [0.717, 1.165) is 0 Å². The molecule has 0 amide bonds. The van der Waals surface area contributed by atoms with E-state index < -0.39 is 10.7 Å². The second-order valence-electron chi connectivity index (χ2n) is 5.71. The van der Waals surface area contributed by atoms with Crippen molar-refractivity contribution in [3.8, 4) is 23.1 Å². The Morgan fingerprint density at radius 3 is 2.68 bits per heavy atom. The van der Waals surface area contributed by atoms with Crippen molar-refractivity contribution >= 4 is 17.5 Å². The number of hydrogen-bond donors (Lipinski definition) is 0. The Hall–Kier alpha value is -4.18. The normalized spacial score (nSPS) is 10.9. The molecule has 0 aliphatic carbocycles. The molecule has 1 aromatic heterocycles. The molecule has 28 heavy (non-hydrogen) atoms. The van der Waals surface area contributed by atoms with Gasteiger partial charge in [-0.15, -0.1) is 0 Å². The van der Waals surface area contributed by atoms with Crippen LogP contribution in [0.15, 0.2) is 70.7 Å². The number of nitro benzene ring substituents is 1. The average molecular weight is 374 g/mol. The van der Waals surface area contributed by atoms with Gasteiger partial charge < -0.3 is 9.15 Å². The van der Waals surface area contributed by atoms with Gasteiger partial charge in [-0.05, 0) is 30.3 Å². The van der Waals surface area contributed by atoms with Crippen molar-refractivity contribution < 1.29 is 18.9 Å². The first-order chi connectivity index (χ1) is 13.5. The third-order valence-corrected chi connectivity index (χ3v) is 3.98. The second-order valence-corrected chi connectivity index (χ2v) is 5.71. The Kier molecular flexibility index (Phi) is 5.33. The molecule has 7 heteroatoms. The van der Waals surface area contributed by atoms with Gasteiger partial charge >= 0.3 is 0 Å². The lowest BCUT2D eigenvalue weighted by atomic mass is 10.0. The highest BCUT2D eigenvalue weighted by molar-refractivity contribution is 6.14. The fourth-order valence-electron chi connectivity index (χ4n) is 2.63. The summed E-state index contributed by atoms with van der Waals surface area (Å²) in [7, 11) is 1.48. The van der Waals surface area contributed by atoms with Gasteiger partial charge in [0.2, 0.25) is 5.78 Å². The minimum absolute atomic E-state index is 0.0969. The predicted octanol–water partition coefficient (Wildman–Crippen LogP) is 4.65. The van der Waals surface area contributed by atoms with E-state index in [9.17, 15) is 20.2 Å². The number of ether oxygens (including phenoxy) is 1. The summed E-state index contributed by atoms with van der Waals surface area (Å²) in [5, 5.41) is 20.6. The van der Waals surface area contributed by atoms with Crippen LogP contribution < -0.4 is 4.74 Å². The number of Topliss-reactive ketones (excluding diaryl/α,β-unsaturated/α-hetero) is 1. The van der Waals surface area contributed by atoms with Gasteiger partial charge in [-0.1, -0.05) is 24.3 Å². The topological polar surface area (TPSA) is 106 Å². The van der Waals surface area contributed by atoms with E-state index in [1.807, 2.05) is 6.07 Å². The maximum atomic E-state index is 12.6. The fourth-order valence-corrected chi connectivity index (χ4v) is 2.63. The Balaban J connectivity index is 1.94. The molecular formula is C21H14N2O5. The Labute approximate surface area is 160 Å². The van der Waals surface area contributed by atoms with Crippen LogP contribution >= 0.6 is 0 Å². The Bertz CT molecular complexity index is 1120. The van der Waals surface area contributed by atoms with Gasteiger partial charge in [0.15, 0.2) is 0 Å². The highest BCUT2D eigenvalue weighted by atomic mass is 16.6. The van der Waals surface area contributed by atoms with Crippen molar-refractivity contribution in [1.82, 2.24) is 0 Å². The lowest BCUT2D eigenvalue weighted by Gasteiger charge is -2.03. The zero-order chi connectivity index (χ0) is 20.1. The quantitative estimate of drug-likeness (QED) is 0.204. The van der Waals surface area contributed by atoms with Gasteiger partial charge in [0.25, 0.3) is 5.69 Å². The van der Waals surface area contributed by atoms with Crippen molar-refractivity contribution in [1.29, 1.82) is 5.26 Å². The van der Waals surface area contributed by atoms with Crippen molar-refractivity contribution in [2.45, 2.75) is 0 Å². The fraction of sp³-hybridized carbons (Fsp3) is 0.0476. The van der Waals surface area contributed by atoms with Crippen LogP contribution in [-0.2, 0) is 0 Å². The summed E-state index contributed by atoms with van der Waals surface area (Å²) in [5.41, 5.74) is 0.388. The lowest BCUT2D eigenvalue weighted by molar-refractivity contribution is -0.384. The van der Waals surface area contributed by atoms with Crippen LogP contribution in [0.2, 0.25) is 0 Å². The number of furan rings is 1. The van der Waals surface area contributed by atoms with Gasteiger partial charge in [0.05, 0.1) is 17.6 Å². The van der Waals surface area contributed by atoms with Gasteiger partial charge in [-0.2, -0.15) is 5.26 Å². The zero-order valence-electron chi connectivity index (χ0n) is 14.8. The van der Waals surface area contributed by atoms with Crippen LogP contribution in [0.4, 0.5) is 5.69 Å². The molecule has 1 heterocycles. The first kappa shape index (κ1) is 18.6. The van der Waals surface area contributed by atoms with E-state index in [1.165, 1.54) is 25.3 Å². The minimum atomic E-state index is -0.500. The van der Waals surface area contributed by atoms with Gasteiger partial charge in [0.1, 0.15) is 28.9 Å². The molecule has 3 aromatic rings. The molecule has 2 aromatic carbocycles. The SMILES string of the molecule is COc1cccc(C(=O)/C(C#N)=C/c2ccc(-c3ccccc3[N+](=O)[O-])o2)c1. The molecule has 0 fully saturated rings. The minimum Gasteiger partial charge on any atom is -0.497 e. The molecule has 0 radical (unpaired) electrons. The number of rotatable bonds is 6. The molecule has 138 valence electrons. The van der Waals surface area contributed by atoms with Crippen molar-refractivity contribution in [3.63, 3.8) is 0 Å². The predicted molar refractivity (Wildman–Crippen MR) is 102 cm³/mol. The van der Waals surface area contributed by atoms with Gasteiger partial charge in [-0.3, -0.25) is 14.9 Å². The number of hydrogen-bond acceptors (Lipinski definition) is 6. The van der Waals surface area contributed by atoms with Gasteiger partial charge in [0, 0.05) is 17.7 Å². The maximum absolute atomic E-state index is 12.6. The summed E-state index contributed by atoms with van der Waals surface area (Å²) in [4.78, 5) is 23.3. The van der Waals surface area contributed by atoms with Crippen molar-refractivity contribution in [3.05, 3.63) is 87.7 Å². The van der Waals surface area contributed by atoms with Crippen LogP contribution in [0, 0.1) is 21.4 Å². The van der Waals surface area contributed by atoms with E-state index in [4.69, 9.17) is 9.15 Å². The highest BCUT2D eigenvalue weighted by Crippen LogP contribution is 2.31. The number of carbonyl (C=O) groups excluding carboxylic acids is 1. The standard InChI is InChI=1S/C21H14N2O5/c1-27-16-6-4-5-14(11-16)21(24)15(13-22)12-17-9-10-20(28-17)18-7-2-3-8-19(18)23(25)26/h2-12H,1H3/b15-12+. The first-order valence-electron chi connectivity index (χ1n) is 8.17. The smallest absolute Gasteiger partial charge is 0.280 e. The zero-order valence-corrected chi connectivity index (χ0v) is 14.8. The van der Waals surface area contributed by atoms with E-state index >= 15 is 0 Å². The number of allylic oxidation sites excluding steroid dienone is 1. The third kappa shape index (κ3) is 3.81. The average Bonchev–Trinajstić information content (AvgIpc) is 3.20. The number of nitriles is 1. The lowest BCUT2D eigenvalue weighted by Crippen LogP contribution is -2.02. The summed E-state index contributed by atoms with van der Waals surface area (Å²) in [6.45, 7) is 0. The number of benzene rings is 2. The summed E-state index contributed by atoms with van der Waals surface area (Å²) in [6, 6.07) is 17.6. The number of carbonyl (C=O) groups is 1. The number of methoxy groups -OCH3 is 1. The molecule has 0 spiro atoms. The molecule has 0 N–H and O–H groups in total. The first-order valence-corrected chi connectivity index (χ1v) is 8.17. The molecule has 0 saturated carbocycles. The monoisotopic (exact) mass is 374 g/mol. The largest absolute Gasteiger partial charge is 0.497 e. The summed E-state index contributed by atoms with van der Waals surface area (Å²) >= 11 is 0. The Morgan fingerprint density at radius 1 is 1.18 bits per heavy atom. The molecule has 0 unspecified atom stereocenters. The van der Waals surface area contributed by atoms with Crippen LogP contribution in [0.3, 0.4) is 0 Å². The molecule has 3 rings (SSSR count). The highest BCUT2D eigenvalue weighted by Gasteiger charge is 2.18. The van der Waals surface area contributed by atoms with Crippen molar-refractivity contribution in [2.75, 3.05) is 7.11 Å². The van der Waals surface area contributed by atoms with Crippen LogP contribution in [-0.4, -0.2) is 17.8 Å². The molecule has 0 atom stereocenters. The van der Waals surface area contributed by atoms with E-state index in [0.29, 0.717) is 16.9 Å². The third-order valence-electron chi connectivity index (χ3n) is 3.98. The van der Waals surface area contributed by atoms with E-state index in [2.05, 4.69) is 0 Å². The molecule has 7 nitrogen and oxygen atoms in total. The number of ketones is 1. The molecule has 0 aliphatic rings. The van der Waals surface area contributed by atoms with Crippen LogP contribution in [0.1, 0.15) is 16.1 Å². The molecule has 0 saturated heterocycles.